The Morgan fingerprint density at radius 3 is 2.46 bits per heavy atom. The molecule has 0 radical (unpaired) electrons. The lowest BCUT2D eigenvalue weighted by Crippen LogP contribution is -2.54. The van der Waals surface area contributed by atoms with E-state index in [-0.39, 0.29) is 23.1 Å². The normalized spacial score (nSPS) is 24.2. The summed E-state index contributed by atoms with van der Waals surface area (Å²) in [6.45, 7) is 7.81. The van der Waals surface area contributed by atoms with Gasteiger partial charge in [-0.15, -0.1) is 0 Å². The summed E-state index contributed by atoms with van der Waals surface area (Å²) in [6, 6.07) is 12.9. The smallest absolute Gasteiger partial charge is 0.123 e. The molecule has 3 atom stereocenters. The van der Waals surface area contributed by atoms with Gasteiger partial charge in [-0.2, -0.15) is 0 Å². The van der Waals surface area contributed by atoms with E-state index < -0.39 is 6.23 Å². The lowest BCUT2D eigenvalue weighted by Gasteiger charge is -2.44. The van der Waals surface area contributed by atoms with E-state index in [0.717, 1.165) is 43.2 Å². The van der Waals surface area contributed by atoms with Crippen molar-refractivity contribution in [3.8, 4) is 0 Å². The minimum atomic E-state index is -0.529. The summed E-state index contributed by atoms with van der Waals surface area (Å²) in [4.78, 5) is 2.17. The van der Waals surface area contributed by atoms with Gasteiger partial charge in [-0.05, 0) is 53.3 Å². The van der Waals surface area contributed by atoms with Gasteiger partial charge in [0, 0.05) is 42.5 Å². The Labute approximate surface area is 171 Å². The molecule has 2 aromatic rings. The highest BCUT2D eigenvalue weighted by atomic mass is 35.5. The van der Waals surface area contributed by atoms with E-state index in [2.05, 4.69) is 36.2 Å². The molecule has 1 saturated heterocycles. The van der Waals surface area contributed by atoms with Gasteiger partial charge in [0.05, 0.1) is 0 Å². The first-order valence-corrected chi connectivity index (χ1v) is 10.4. The fourth-order valence-electron chi connectivity index (χ4n) is 4.95. The van der Waals surface area contributed by atoms with Crippen molar-refractivity contribution in [1.29, 1.82) is 0 Å². The van der Waals surface area contributed by atoms with Crippen molar-refractivity contribution in [3.63, 3.8) is 0 Å². The lowest BCUT2D eigenvalue weighted by molar-refractivity contribution is -0.0932. The van der Waals surface area contributed by atoms with Crippen LogP contribution in [0.5, 0.6) is 0 Å². The third-order valence-electron chi connectivity index (χ3n) is 6.60. The van der Waals surface area contributed by atoms with E-state index in [1.165, 1.54) is 23.3 Å². The van der Waals surface area contributed by atoms with Crippen molar-refractivity contribution in [2.75, 3.05) is 26.2 Å². The number of hydrogen-bond donors (Lipinski definition) is 2. The number of hydrogen-bond acceptors (Lipinski definition) is 3. The molecular weight excluding hydrogens is 375 g/mol. The molecule has 0 aromatic heterocycles. The van der Waals surface area contributed by atoms with Crippen LogP contribution in [0.25, 0.3) is 0 Å². The summed E-state index contributed by atoms with van der Waals surface area (Å²) in [5.41, 5.74) is 3.22. The number of rotatable bonds is 4. The van der Waals surface area contributed by atoms with Crippen LogP contribution >= 0.6 is 11.6 Å². The Balaban J connectivity index is 1.69. The molecule has 3 unspecified atom stereocenters. The molecule has 0 bridgehead atoms. The fraction of sp³-hybridized carbons (Fsp3) is 0.478. The maximum atomic E-state index is 13.4. The van der Waals surface area contributed by atoms with Crippen molar-refractivity contribution in [2.45, 2.75) is 38.3 Å². The van der Waals surface area contributed by atoms with Crippen LogP contribution in [0.1, 0.15) is 48.8 Å². The van der Waals surface area contributed by atoms with Gasteiger partial charge < -0.3 is 10.4 Å². The molecule has 1 aliphatic carbocycles. The number of halogens is 2. The number of piperazine rings is 1. The summed E-state index contributed by atoms with van der Waals surface area (Å²) in [5.74, 6) is 0.137. The summed E-state index contributed by atoms with van der Waals surface area (Å²) in [5, 5.41) is 15.3. The molecule has 2 aromatic carbocycles. The number of nitrogens with one attached hydrogen (secondary N) is 1. The third kappa shape index (κ3) is 3.59. The Bertz CT molecular complexity index is 833. The second-order valence-electron chi connectivity index (χ2n) is 8.65. The van der Waals surface area contributed by atoms with E-state index in [1.807, 2.05) is 18.2 Å². The average Bonchev–Trinajstić information content (AvgIpc) is 3.08. The third-order valence-corrected chi connectivity index (χ3v) is 6.84. The first-order valence-electron chi connectivity index (χ1n) is 10.1. The minimum Gasteiger partial charge on any atom is -0.378 e. The highest BCUT2D eigenvalue weighted by Crippen LogP contribution is 2.54. The van der Waals surface area contributed by atoms with Crippen molar-refractivity contribution in [1.82, 2.24) is 10.2 Å². The molecule has 5 heteroatoms. The molecule has 4 rings (SSSR count). The molecule has 0 saturated carbocycles. The maximum absolute atomic E-state index is 13.4. The van der Waals surface area contributed by atoms with Crippen LogP contribution in [0, 0.1) is 11.2 Å². The van der Waals surface area contributed by atoms with Gasteiger partial charge in [0.25, 0.3) is 0 Å². The topological polar surface area (TPSA) is 35.5 Å². The Morgan fingerprint density at radius 2 is 1.79 bits per heavy atom. The van der Waals surface area contributed by atoms with E-state index in [9.17, 15) is 9.50 Å². The van der Waals surface area contributed by atoms with E-state index >= 15 is 0 Å². The van der Waals surface area contributed by atoms with Crippen LogP contribution < -0.4 is 5.32 Å². The van der Waals surface area contributed by atoms with Gasteiger partial charge in [-0.25, -0.2) is 4.39 Å². The highest BCUT2D eigenvalue weighted by Gasteiger charge is 2.46. The van der Waals surface area contributed by atoms with Gasteiger partial charge in [0.15, 0.2) is 0 Å². The summed E-state index contributed by atoms with van der Waals surface area (Å²) in [7, 11) is 0. The Hall–Kier alpha value is -1.46. The Morgan fingerprint density at radius 1 is 1.11 bits per heavy atom. The lowest BCUT2D eigenvalue weighted by atomic mass is 9.73. The molecule has 0 spiro atoms. The zero-order valence-electron chi connectivity index (χ0n) is 16.5. The van der Waals surface area contributed by atoms with Gasteiger partial charge in [-0.3, -0.25) is 4.90 Å². The standard InChI is InChI=1S/C23H28ClFN2O/c1-23(2,22(28)27-11-9-26-10-12-27)21-14-19(15-3-6-17(25)7-4-15)18-8-5-16(24)13-20(18)21/h3-8,13,19,21-22,26,28H,9-12,14H2,1-2H3. The average molecular weight is 403 g/mol. The monoisotopic (exact) mass is 402 g/mol. The molecule has 3 nitrogen and oxygen atoms in total. The van der Waals surface area contributed by atoms with Crippen molar-refractivity contribution < 1.29 is 9.50 Å². The molecule has 1 fully saturated rings. The summed E-state index contributed by atoms with van der Waals surface area (Å²) < 4.78 is 13.4. The largest absolute Gasteiger partial charge is 0.378 e. The van der Waals surface area contributed by atoms with Crippen LogP contribution in [0.15, 0.2) is 42.5 Å². The number of aliphatic hydroxyl groups is 1. The predicted octanol–water partition coefficient (Wildman–Crippen LogP) is 4.35. The molecular formula is C23H28ClFN2O. The molecule has 150 valence electrons. The molecule has 2 N–H and O–H groups in total. The van der Waals surface area contributed by atoms with Crippen LogP contribution in [0.2, 0.25) is 5.02 Å². The van der Waals surface area contributed by atoms with Crippen LogP contribution in [0.3, 0.4) is 0 Å². The first-order chi connectivity index (χ1) is 13.4. The van der Waals surface area contributed by atoms with Gasteiger partial charge >= 0.3 is 0 Å². The molecule has 1 heterocycles. The molecule has 0 amide bonds. The summed E-state index contributed by atoms with van der Waals surface area (Å²) in [6.07, 6.45) is 0.357. The van der Waals surface area contributed by atoms with Gasteiger partial charge in [0.1, 0.15) is 12.0 Å². The van der Waals surface area contributed by atoms with E-state index in [4.69, 9.17) is 11.6 Å². The highest BCUT2D eigenvalue weighted by molar-refractivity contribution is 6.30. The maximum Gasteiger partial charge on any atom is 0.123 e. The van der Waals surface area contributed by atoms with Crippen LogP contribution in [0.4, 0.5) is 4.39 Å². The van der Waals surface area contributed by atoms with Gasteiger partial charge in [0.2, 0.25) is 0 Å². The van der Waals surface area contributed by atoms with E-state index in [0.29, 0.717) is 0 Å². The van der Waals surface area contributed by atoms with Crippen LogP contribution in [-0.2, 0) is 0 Å². The van der Waals surface area contributed by atoms with E-state index in [1.54, 1.807) is 0 Å². The fourth-order valence-corrected chi connectivity index (χ4v) is 5.13. The van der Waals surface area contributed by atoms with Crippen molar-refractivity contribution >= 4 is 11.6 Å². The zero-order valence-corrected chi connectivity index (χ0v) is 17.2. The Kier molecular flexibility index (Phi) is 5.49. The molecule has 28 heavy (non-hydrogen) atoms. The predicted molar refractivity (Wildman–Crippen MR) is 111 cm³/mol. The van der Waals surface area contributed by atoms with Crippen LogP contribution in [-0.4, -0.2) is 42.4 Å². The minimum absolute atomic E-state index is 0.168. The second kappa shape index (κ2) is 7.75. The zero-order chi connectivity index (χ0) is 19.9. The summed E-state index contributed by atoms with van der Waals surface area (Å²) >= 11 is 6.35. The number of fused-ring (bicyclic) bond motifs is 1. The SMILES string of the molecule is CC(C)(C1CC(c2ccc(F)cc2)c2ccc(Cl)cc21)C(O)N1CCNCC1. The first kappa shape index (κ1) is 19.8. The van der Waals surface area contributed by atoms with Crippen molar-refractivity contribution in [3.05, 3.63) is 70.0 Å². The van der Waals surface area contributed by atoms with Gasteiger partial charge in [-0.1, -0.05) is 43.6 Å². The quantitative estimate of drug-likeness (QED) is 0.798. The number of nitrogens with zero attached hydrogens (tertiary/aromatic N) is 1. The number of benzene rings is 2. The van der Waals surface area contributed by atoms with Crippen molar-refractivity contribution in [2.24, 2.45) is 5.41 Å². The molecule has 1 aliphatic heterocycles. The molecule has 2 aliphatic rings. The number of aliphatic hydroxyl groups excluding tert-OH is 1. The second-order valence-corrected chi connectivity index (χ2v) is 9.08.